The van der Waals surface area contributed by atoms with Gasteiger partial charge in [0.05, 0.1) is 7.11 Å². The molecule has 1 amide bonds. The highest BCUT2D eigenvalue weighted by molar-refractivity contribution is 5.68. The lowest BCUT2D eigenvalue weighted by Crippen LogP contribution is -2.40. The van der Waals surface area contributed by atoms with Crippen LogP contribution in [0.3, 0.4) is 0 Å². The van der Waals surface area contributed by atoms with Crippen molar-refractivity contribution < 1.29 is 14.3 Å². The van der Waals surface area contributed by atoms with Crippen molar-refractivity contribution in [2.24, 2.45) is 0 Å². The fourth-order valence-electron chi connectivity index (χ4n) is 2.12. The molecular weight excluding hydrogens is 292 g/mol. The zero-order valence-electron chi connectivity index (χ0n) is 15.0. The molecule has 0 aliphatic rings. The lowest BCUT2D eigenvalue weighted by molar-refractivity contribution is 0.0252. The highest BCUT2D eigenvalue weighted by Gasteiger charge is 2.21. The van der Waals surface area contributed by atoms with Crippen LogP contribution in [-0.4, -0.2) is 43.3 Å². The first-order valence-corrected chi connectivity index (χ1v) is 8.17. The van der Waals surface area contributed by atoms with Gasteiger partial charge in [-0.2, -0.15) is 0 Å². The number of nitrogens with zero attached hydrogens (tertiary/aromatic N) is 1. The molecule has 0 aromatic heterocycles. The van der Waals surface area contributed by atoms with Gasteiger partial charge >= 0.3 is 6.09 Å². The van der Waals surface area contributed by atoms with Gasteiger partial charge in [-0.05, 0) is 44.9 Å². The molecule has 0 fully saturated rings. The number of nitrogens with one attached hydrogen (secondary N) is 1. The average molecular weight is 322 g/mol. The number of carbonyl (C=O) groups is 1. The van der Waals surface area contributed by atoms with E-state index < -0.39 is 5.60 Å². The summed E-state index contributed by atoms with van der Waals surface area (Å²) in [6.07, 6.45) is 0.664. The lowest BCUT2D eigenvalue weighted by Gasteiger charge is -2.27. The number of hydrogen-bond donors (Lipinski definition) is 1. The molecule has 0 aliphatic carbocycles. The fraction of sp³-hybridized carbons (Fsp3) is 0.611. The third kappa shape index (κ3) is 7.88. The highest BCUT2D eigenvalue weighted by Crippen LogP contribution is 2.12. The Morgan fingerprint density at radius 2 is 2.00 bits per heavy atom. The van der Waals surface area contributed by atoms with E-state index in [0.717, 1.165) is 30.8 Å². The Morgan fingerprint density at radius 1 is 1.26 bits per heavy atom. The summed E-state index contributed by atoms with van der Waals surface area (Å²) in [6, 6.07) is 7.95. The summed E-state index contributed by atoms with van der Waals surface area (Å²) < 4.78 is 10.7. The van der Waals surface area contributed by atoms with Crippen LogP contribution in [0, 0.1) is 0 Å². The van der Waals surface area contributed by atoms with Crippen molar-refractivity contribution in [2.45, 2.75) is 46.3 Å². The minimum absolute atomic E-state index is 0.248. The normalized spacial score (nSPS) is 11.2. The molecule has 0 spiro atoms. The molecule has 1 rings (SSSR count). The summed E-state index contributed by atoms with van der Waals surface area (Å²) in [5, 5.41) is 3.35. The molecule has 1 N–H and O–H groups in total. The van der Waals surface area contributed by atoms with Crippen LogP contribution >= 0.6 is 0 Å². The van der Waals surface area contributed by atoms with Gasteiger partial charge in [0.25, 0.3) is 0 Å². The standard InChI is InChI=1S/C18H30N2O3/c1-6-11-20(17(21)23-18(2,3)4)12-10-19-14-15-8-7-9-16(13-15)22-5/h7-9,13,19H,6,10-12,14H2,1-5H3. The van der Waals surface area contributed by atoms with Crippen LogP contribution < -0.4 is 10.1 Å². The van der Waals surface area contributed by atoms with E-state index in [1.165, 1.54) is 0 Å². The molecule has 23 heavy (non-hydrogen) atoms. The fourth-order valence-corrected chi connectivity index (χ4v) is 2.12. The van der Waals surface area contributed by atoms with Gasteiger partial charge in [-0.3, -0.25) is 0 Å². The number of hydrogen-bond acceptors (Lipinski definition) is 4. The number of ether oxygens (including phenoxy) is 2. The second-order valence-corrected chi connectivity index (χ2v) is 6.50. The zero-order chi connectivity index (χ0) is 17.3. The zero-order valence-corrected chi connectivity index (χ0v) is 15.0. The van der Waals surface area contributed by atoms with E-state index in [0.29, 0.717) is 13.1 Å². The molecule has 0 saturated carbocycles. The maximum Gasteiger partial charge on any atom is 0.410 e. The molecule has 1 aromatic carbocycles. The van der Waals surface area contributed by atoms with Crippen LogP contribution in [0.15, 0.2) is 24.3 Å². The molecule has 5 heteroatoms. The van der Waals surface area contributed by atoms with E-state index in [1.54, 1.807) is 12.0 Å². The molecular formula is C18H30N2O3. The molecule has 0 aliphatic heterocycles. The minimum Gasteiger partial charge on any atom is -0.497 e. The van der Waals surface area contributed by atoms with Crippen LogP contribution in [0.2, 0.25) is 0 Å². The summed E-state index contributed by atoms with van der Waals surface area (Å²) in [4.78, 5) is 13.9. The van der Waals surface area contributed by atoms with E-state index >= 15 is 0 Å². The van der Waals surface area contributed by atoms with E-state index in [1.807, 2.05) is 45.0 Å². The summed E-state index contributed by atoms with van der Waals surface area (Å²) in [5.41, 5.74) is 0.695. The molecule has 0 bridgehead atoms. The van der Waals surface area contributed by atoms with Crippen LogP contribution in [-0.2, 0) is 11.3 Å². The van der Waals surface area contributed by atoms with Crippen molar-refractivity contribution in [1.29, 1.82) is 0 Å². The summed E-state index contributed by atoms with van der Waals surface area (Å²) in [6.45, 7) is 10.5. The van der Waals surface area contributed by atoms with Gasteiger partial charge in [0.15, 0.2) is 0 Å². The number of benzene rings is 1. The minimum atomic E-state index is -0.461. The Bertz CT molecular complexity index is 483. The largest absolute Gasteiger partial charge is 0.497 e. The van der Waals surface area contributed by atoms with Gasteiger partial charge in [0, 0.05) is 26.2 Å². The SMILES string of the molecule is CCCN(CCNCc1cccc(OC)c1)C(=O)OC(C)(C)C. The molecule has 0 heterocycles. The number of rotatable bonds is 8. The molecule has 0 radical (unpaired) electrons. The molecule has 5 nitrogen and oxygen atoms in total. The Hall–Kier alpha value is -1.75. The second kappa shape index (κ2) is 9.40. The van der Waals surface area contributed by atoms with Crippen LogP contribution in [0.5, 0.6) is 5.75 Å². The van der Waals surface area contributed by atoms with E-state index in [-0.39, 0.29) is 6.09 Å². The third-order valence-electron chi connectivity index (χ3n) is 3.17. The summed E-state index contributed by atoms with van der Waals surface area (Å²) >= 11 is 0. The van der Waals surface area contributed by atoms with Crippen LogP contribution in [0.25, 0.3) is 0 Å². The summed E-state index contributed by atoms with van der Waals surface area (Å²) in [7, 11) is 1.66. The van der Waals surface area contributed by atoms with Gasteiger partial charge < -0.3 is 19.7 Å². The van der Waals surface area contributed by atoms with Crippen molar-refractivity contribution in [3.8, 4) is 5.75 Å². The second-order valence-electron chi connectivity index (χ2n) is 6.50. The molecule has 0 saturated heterocycles. The van der Waals surface area contributed by atoms with E-state index in [2.05, 4.69) is 12.2 Å². The number of carbonyl (C=O) groups excluding carboxylic acids is 1. The van der Waals surface area contributed by atoms with Gasteiger partial charge in [-0.25, -0.2) is 4.79 Å². The van der Waals surface area contributed by atoms with Crippen molar-refractivity contribution in [1.82, 2.24) is 10.2 Å². The quantitative estimate of drug-likeness (QED) is 0.745. The van der Waals surface area contributed by atoms with Gasteiger partial charge in [-0.1, -0.05) is 19.1 Å². The molecule has 0 unspecified atom stereocenters. The van der Waals surface area contributed by atoms with Gasteiger partial charge in [0.2, 0.25) is 0 Å². The van der Waals surface area contributed by atoms with Gasteiger partial charge in [0.1, 0.15) is 11.4 Å². The highest BCUT2D eigenvalue weighted by atomic mass is 16.6. The van der Waals surface area contributed by atoms with Crippen molar-refractivity contribution >= 4 is 6.09 Å². The Kier molecular flexibility index (Phi) is 7.89. The monoisotopic (exact) mass is 322 g/mol. The maximum absolute atomic E-state index is 12.2. The van der Waals surface area contributed by atoms with Crippen LogP contribution in [0.1, 0.15) is 39.7 Å². The number of methoxy groups -OCH3 is 1. The Balaban J connectivity index is 2.41. The van der Waals surface area contributed by atoms with Crippen molar-refractivity contribution in [2.75, 3.05) is 26.7 Å². The van der Waals surface area contributed by atoms with Gasteiger partial charge in [-0.15, -0.1) is 0 Å². The molecule has 1 aromatic rings. The lowest BCUT2D eigenvalue weighted by atomic mass is 10.2. The van der Waals surface area contributed by atoms with E-state index in [4.69, 9.17) is 9.47 Å². The third-order valence-corrected chi connectivity index (χ3v) is 3.17. The predicted molar refractivity (Wildman–Crippen MR) is 92.8 cm³/mol. The molecule has 130 valence electrons. The first-order valence-electron chi connectivity index (χ1n) is 8.17. The van der Waals surface area contributed by atoms with Crippen LogP contribution in [0.4, 0.5) is 4.79 Å². The van der Waals surface area contributed by atoms with Crippen molar-refractivity contribution in [3.05, 3.63) is 29.8 Å². The first kappa shape index (κ1) is 19.3. The first-order chi connectivity index (χ1) is 10.9. The maximum atomic E-state index is 12.2. The topological polar surface area (TPSA) is 50.8 Å². The van der Waals surface area contributed by atoms with Crippen molar-refractivity contribution in [3.63, 3.8) is 0 Å². The Morgan fingerprint density at radius 3 is 2.61 bits per heavy atom. The summed E-state index contributed by atoms with van der Waals surface area (Å²) in [5.74, 6) is 0.852. The average Bonchev–Trinajstić information content (AvgIpc) is 2.48. The molecule has 0 atom stereocenters. The Labute approximate surface area is 140 Å². The smallest absolute Gasteiger partial charge is 0.410 e. The predicted octanol–water partition coefficient (Wildman–Crippen LogP) is 3.43. The van der Waals surface area contributed by atoms with E-state index in [9.17, 15) is 4.79 Å². The number of amides is 1.